The summed E-state index contributed by atoms with van der Waals surface area (Å²) in [6.07, 6.45) is 2.60. The van der Waals surface area contributed by atoms with Gasteiger partial charge in [-0.05, 0) is 41.7 Å². The van der Waals surface area contributed by atoms with Crippen LogP contribution in [0, 0.1) is 5.92 Å². The highest BCUT2D eigenvalue weighted by Gasteiger charge is 2.39. The van der Waals surface area contributed by atoms with Gasteiger partial charge in [0.15, 0.2) is 0 Å². The predicted octanol–water partition coefficient (Wildman–Crippen LogP) is 5.05. The van der Waals surface area contributed by atoms with Crippen LogP contribution >= 0.6 is 11.6 Å². The first-order valence-electron chi connectivity index (χ1n) is 10.1. The molecule has 0 fully saturated rings. The Kier molecular flexibility index (Phi) is 5.77. The van der Waals surface area contributed by atoms with Crippen LogP contribution in [0.25, 0.3) is 0 Å². The zero-order valence-electron chi connectivity index (χ0n) is 17.3. The van der Waals surface area contributed by atoms with Crippen LogP contribution in [0.4, 0.5) is 5.95 Å². The molecule has 156 valence electrons. The van der Waals surface area contributed by atoms with Crippen molar-refractivity contribution >= 4 is 23.5 Å². The number of methoxy groups -OCH3 is 1. The highest BCUT2D eigenvalue weighted by Crippen LogP contribution is 2.43. The molecule has 4 rings (SSSR count). The first-order chi connectivity index (χ1) is 14.5. The van der Waals surface area contributed by atoms with Gasteiger partial charge >= 0.3 is 0 Å². The molecule has 0 N–H and O–H groups in total. The lowest BCUT2D eigenvalue weighted by Gasteiger charge is -2.39. The Morgan fingerprint density at radius 1 is 1.17 bits per heavy atom. The normalized spacial score (nSPS) is 18.4. The molecule has 0 aliphatic carbocycles. The lowest BCUT2D eigenvalue weighted by Crippen LogP contribution is -2.43. The van der Waals surface area contributed by atoms with Gasteiger partial charge in [0.25, 0.3) is 0 Å². The molecular weight excluding hydrogens is 400 g/mol. The minimum Gasteiger partial charge on any atom is -0.497 e. The van der Waals surface area contributed by atoms with E-state index in [4.69, 9.17) is 16.3 Å². The number of benzene rings is 2. The Bertz CT molecular complexity index is 1030. The van der Waals surface area contributed by atoms with Gasteiger partial charge in [-0.25, -0.2) is 4.68 Å². The van der Waals surface area contributed by atoms with Crippen LogP contribution < -0.4 is 9.64 Å². The van der Waals surface area contributed by atoms with E-state index in [1.165, 1.54) is 6.33 Å². The smallest absolute Gasteiger partial charge is 0.231 e. The molecule has 2 atom stereocenters. The molecule has 1 aliphatic rings. The number of ether oxygens (including phenoxy) is 1. The average Bonchev–Trinajstić information content (AvgIpc) is 3.22. The molecule has 7 heteroatoms. The van der Waals surface area contributed by atoms with Crippen molar-refractivity contribution in [1.29, 1.82) is 0 Å². The summed E-state index contributed by atoms with van der Waals surface area (Å²) >= 11 is 6.53. The van der Waals surface area contributed by atoms with E-state index < -0.39 is 0 Å². The number of carbonyl (C=O) groups is 1. The van der Waals surface area contributed by atoms with E-state index in [2.05, 4.69) is 10.1 Å². The molecular formula is C23H25ClN4O2. The van der Waals surface area contributed by atoms with Gasteiger partial charge < -0.3 is 4.74 Å². The van der Waals surface area contributed by atoms with E-state index in [9.17, 15) is 4.79 Å². The molecule has 30 heavy (non-hydrogen) atoms. The molecule has 6 nitrogen and oxygen atoms in total. The number of fused-ring (bicyclic) bond motifs is 1. The molecule has 1 aromatic heterocycles. The van der Waals surface area contributed by atoms with Gasteiger partial charge in [-0.15, -0.1) is 0 Å². The zero-order chi connectivity index (χ0) is 21.3. The number of rotatable bonds is 5. The summed E-state index contributed by atoms with van der Waals surface area (Å²) in [5.41, 5.74) is 2.00. The van der Waals surface area contributed by atoms with Crippen LogP contribution in [0.15, 0.2) is 54.9 Å². The van der Waals surface area contributed by atoms with Gasteiger partial charge in [-0.1, -0.05) is 55.8 Å². The Morgan fingerprint density at radius 3 is 2.57 bits per heavy atom. The maximum absolute atomic E-state index is 13.3. The van der Waals surface area contributed by atoms with E-state index in [1.54, 1.807) is 12.0 Å². The van der Waals surface area contributed by atoms with Crippen LogP contribution in [0.1, 0.15) is 49.9 Å². The highest BCUT2D eigenvalue weighted by atomic mass is 35.5. The molecule has 0 saturated heterocycles. The van der Waals surface area contributed by atoms with Gasteiger partial charge in [0, 0.05) is 11.4 Å². The monoisotopic (exact) mass is 424 g/mol. The highest BCUT2D eigenvalue weighted by molar-refractivity contribution is 6.31. The van der Waals surface area contributed by atoms with Gasteiger partial charge in [-0.2, -0.15) is 10.1 Å². The van der Waals surface area contributed by atoms with Crippen LogP contribution in [-0.4, -0.2) is 27.8 Å². The van der Waals surface area contributed by atoms with E-state index in [-0.39, 0.29) is 23.9 Å². The maximum Gasteiger partial charge on any atom is 0.231 e. The van der Waals surface area contributed by atoms with Crippen molar-refractivity contribution in [2.24, 2.45) is 5.92 Å². The van der Waals surface area contributed by atoms with Crippen LogP contribution in [0.5, 0.6) is 5.75 Å². The molecule has 3 aromatic rings. The van der Waals surface area contributed by atoms with Crippen LogP contribution in [-0.2, 0) is 4.79 Å². The van der Waals surface area contributed by atoms with E-state index in [0.717, 1.165) is 16.9 Å². The average molecular weight is 425 g/mol. The standard InChI is InChI=1S/C23H25ClN4O2/c1-15(2)12-22(29)27-20(16-8-10-17(30-3)11-9-16)13-21(28-23(27)25-14-26-28)18-6-4-5-7-19(18)24/h4-11,14-15,20-21H,12-13H2,1-3H3/t20-,21+/m0/s1. The summed E-state index contributed by atoms with van der Waals surface area (Å²) in [6.45, 7) is 4.09. The van der Waals surface area contributed by atoms with Crippen molar-refractivity contribution in [3.8, 4) is 5.75 Å². The lowest BCUT2D eigenvalue weighted by atomic mass is 9.91. The summed E-state index contributed by atoms with van der Waals surface area (Å²) < 4.78 is 7.13. The second-order valence-corrected chi connectivity index (χ2v) is 8.34. The molecule has 2 heterocycles. The van der Waals surface area contributed by atoms with Gasteiger partial charge in [-0.3, -0.25) is 9.69 Å². The predicted molar refractivity (Wildman–Crippen MR) is 117 cm³/mol. The minimum atomic E-state index is -0.180. The van der Waals surface area contributed by atoms with Crippen LogP contribution in [0.2, 0.25) is 5.02 Å². The van der Waals surface area contributed by atoms with Crippen molar-refractivity contribution < 1.29 is 9.53 Å². The number of amides is 1. The third-order valence-electron chi connectivity index (χ3n) is 5.44. The second kappa shape index (κ2) is 8.48. The Morgan fingerprint density at radius 2 is 1.90 bits per heavy atom. The summed E-state index contributed by atoms with van der Waals surface area (Å²) in [4.78, 5) is 19.5. The number of hydrogen-bond donors (Lipinski definition) is 0. The van der Waals surface area contributed by atoms with E-state index in [1.807, 2.05) is 67.1 Å². The summed E-state index contributed by atoms with van der Waals surface area (Å²) in [5, 5.41) is 5.14. The zero-order valence-corrected chi connectivity index (χ0v) is 18.1. The van der Waals surface area contributed by atoms with Crippen molar-refractivity contribution in [2.75, 3.05) is 12.0 Å². The lowest BCUT2D eigenvalue weighted by molar-refractivity contribution is -0.120. The topological polar surface area (TPSA) is 60.2 Å². The quantitative estimate of drug-likeness (QED) is 0.574. The SMILES string of the molecule is COc1ccc([C@@H]2C[C@H](c3ccccc3Cl)n3ncnc3N2C(=O)CC(C)C)cc1. The summed E-state index contributed by atoms with van der Waals surface area (Å²) in [5.74, 6) is 1.61. The Labute approximate surface area is 181 Å². The third-order valence-corrected chi connectivity index (χ3v) is 5.78. The molecule has 0 radical (unpaired) electrons. The molecule has 0 bridgehead atoms. The fraction of sp³-hybridized carbons (Fsp3) is 0.348. The minimum absolute atomic E-state index is 0.0395. The van der Waals surface area contributed by atoms with Crippen LogP contribution in [0.3, 0.4) is 0 Å². The number of carbonyl (C=O) groups excluding carboxylic acids is 1. The number of aromatic nitrogens is 3. The van der Waals surface area contributed by atoms with E-state index >= 15 is 0 Å². The maximum atomic E-state index is 13.3. The number of nitrogens with zero attached hydrogens (tertiary/aromatic N) is 4. The van der Waals surface area contributed by atoms with E-state index in [0.29, 0.717) is 23.8 Å². The molecule has 0 unspecified atom stereocenters. The Balaban J connectivity index is 1.82. The van der Waals surface area contributed by atoms with Crippen molar-refractivity contribution in [2.45, 2.75) is 38.8 Å². The van der Waals surface area contributed by atoms with Crippen molar-refractivity contribution in [3.63, 3.8) is 0 Å². The number of hydrogen-bond acceptors (Lipinski definition) is 4. The Hall–Kier alpha value is -2.86. The fourth-order valence-corrected chi connectivity index (χ4v) is 4.30. The van der Waals surface area contributed by atoms with Gasteiger partial charge in [0.1, 0.15) is 12.1 Å². The first-order valence-corrected chi connectivity index (χ1v) is 10.5. The summed E-state index contributed by atoms with van der Waals surface area (Å²) in [6, 6.07) is 15.3. The number of halogens is 1. The number of anilines is 1. The first kappa shape index (κ1) is 20.4. The fourth-order valence-electron chi connectivity index (χ4n) is 4.04. The van der Waals surface area contributed by atoms with Gasteiger partial charge in [0.2, 0.25) is 11.9 Å². The molecule has 1 aliphatic heterocycles. The third kappa shape index (κ3) is 3.79. The molecule has 0 saturated carbocycles. The molecule has 0 spiro atoms. The van der Waals surface area contributed by atoms with Gasteiger partial charge in [0.05, 0.1) is 19.2 Å². The molecule has 1 amide bonds. The second-order valence-electron chi connectivity index (χ2n) is 7.93. The van der Waals surface area contributed by atoms with Crippen molar-refractivity contribution in [3.05, 3.63) is 71.0 Å². The molecule has 2 aromatic carbocycles. The van der Waals surface area contributed by atoms with Crippen molar-refractivity contribution in [1.82, 2.24) is 14.8 Å². The summed E-state index contributed by atoms with van der Waals surface area (Å²) in [7, 11) is 1.64. The largest absolute Gasteiger partial charge is 0.497 e.